The quantitative estimate of drug-likeness (QED) is 0.730. The van der Waals surface area contributed by atoms with Crippen molar-refractivity contribution >= 4 is 28.1 Å². The molecule has 0 atom stereocenters. The summed E-state index contributed by atoms with van der Waals surface area (Å²) in [5.41, 5.74) is 3.59. The van der Waals surface area contributed by atoms with E-state index in [-0.39, 0.29) is 0 Å². The molecule has 1 saturated heterocycles. The number of aryl methyl sites for hydroxylation is 2. The molecule has 0 amide bonds. The highest BCUT2D eigenvalue weighted by molar-refractivity contribution is 7.09. The first-order chi connectivity index (χ1) is 11.7. The van der Waals surface area contributed by atoms with E-state index in [4.69, 9.17) is 4.98 Å². The number of anilines is 1. The number of nitrogens with zero attached hydrogens (tertiary/aromatic N) is 4. The average molecular weight is 338 g/mol. The molecule has 0 unspecified atom stereocenters. The second-order valence-electron chi connectivity index (χ2n) is 6.44. The summed E-state index contributed by atoms with van der Waals surface area (Å²) < 4.78 is 0. The lowest BCUT2D eigenvalue weighted by atomic mass is 10.1. The van der Waals surface area contributed by atoms with Gasteiger partial charge >= 0.3 is 0 Å². The molecule has 124 valence electrons. The fraction of sp³-hybridized carbons (Fsp3) is 0.368. The first-order valence-corrected chi connectivity index (χ1v) is 9.32. The Hall–Kier alpha value is -1.98. The van der Waals surface area contributed by atoms with E-state index in [1.165, 1.54) is 16.6 Å². The van der Waals surface area contributed by atoms with Crippen molar-refractivity contribution in [3.8, 4) is 0 Å². The molecule has 0 aliphatic carbocycles. The highest BCUT2D eigenvalue weighted by atomic mass is 32.1. The van der Waals surface area contributed by atoms with Crippen LogP contribution in [0.15, 0.2) is 35.7 Å². The molecule has 1 aliphatic rings. The standard InChI is InChI=1S/C19H22N4S/c1-14-11-19(21-18-6-4-3-5-17(14)18)23-9-7-22(8-10-23)12-16-13-24-15(2)20-16/h3-6,11,13H,7-10,12H2,1-2H3. The van der Waals surface area contributed by atoms with Crippen LogP contribution in [0, 0.1) is 13.8 Å². The molecule has 3 heterocycles. The maximum atomic E-state index is 4.87. The first-order valence-electron chi connectivity index (χ1n) is 8.44. The summed E-state index contributed by atoms with van der Waals surface area (Å²) in [5, 5.41) is 4.58. The fourth-order valence-corrected chi connectivity index (χ4v) is 3.94. The molecule has 1 aliphatic heterocycles. The number of rotatable bonds is 3. The summed E-state index contributed by atoms with van der Waals surface area (Å²) in [4.78, 5) is 14.3. The van der Waals surface area contributed by atoms with Crippen LogP contribution < -0.4 is 4.90 Å². The molecule has 0 radical (unpaired) electrons. The van der Waals surface area contributed by atoms with E-state index in [2.05, 4.69) is 64.3 Å². The monoisotopic (exact) mass is 338 g/mol. The summed E-state index contributed by atoms with van der Waals surface area (Å²) in [6.45, 7) is 9.37. The van der Waals surface area contributed by atoms with Crippen LogP contribution in [-0.4, -0.2) is 41.0 Å². The van der Waals surface area contributed by atoms with Gasteiger partial charge in [0.1, 0.15) is 5.82 Å². The lowest BCUT2D eigenvalue weighted by molar-refractivity contribution is 0.247. The zero-order valence-corrected chi connectivity index (χ0v) is 15.0. The zero-order chi connectivity index (χ0) is 16.5. The maximum Gasteiger partial charge on any atom is 0.129 e. The Morgan fingerprint density at radius 2 is 1.83 bits per heavy atom. The average Bonchev–Trinajstić information content (AvgIpc) is 3.00. The number of hydrogen-bond acceptors (Lipinski definition) is 5. The summed E-state index contributed by atoms with van der Waals surface area (Å²) in [6.07, 6.45) is 0. The normalized spacial score (nSPS) is 16.0. The van der Waals surface area contributed by atoms with Crippen molar-refractivity contribution in [3.05, 3.63) is 52.0 Å². The predicted octanol–water partition coefficient (Wildman–Crippen LogP) is 3.63. The molecule has 24 heavy (non-hydrogen) atoms. The van der Waals surface area contributed by atoms with Crippen molar-refractivity contribution in [2.75, 3.05) is 31.1 Å². The number of para-hydroxylation sites is 1. The van der Waals surface area contributed by atoms with Crippen molar-refractivity contribution in [1.82, 2.24) is 14.9 Å². The Bertz CT molecular complexity index is 849. The third-order valence-electron chi connectivity index (χ3n) is 4.66. The van der Waals surface area contributed by atoms with E-state index in [0.29, 0.717) is 0 Å². The third-order valence-corrected chi connectivity index (χ3v) is 5.48. The van der Waals surface area contributed by atoms with Crippen LogP contribution in [-0.2, 0) is 6.54 Å². The smallest absolute Gasteiger partial charge is 0.129 e. The van der Waals surface area contributed by atoms with Gasteiger partial charge in [0.05, 0.1) is 16.2 Å². The maximum absolute atomic E-state index is 4.87. The molecule has 5 heteroatoms. The molecule has 0 spiro atoms. The number of piperazine rings is 1. The molecule has 4 nitrogen and oxygen atoms in total. The fourth-order valence-electron chi connectivity index (χ4n) is 3.34. The number of benzene rings is 1. The van der Waals surface area contributed by atoms with E-state index < -0.39 is 0 Å². The van der Waals surface area contributed by atoms with Gasteiger partial charge in [0.25, 0.3) is 0 Å². The van der Waals surface area contributed by atoms with Gasteiger partial charge in [-0.2, -0.15) is 0 Å². The van der Waals surface area contributed by atoms with E-state index in [1.807, 2.05) is 0 Å². The van der Waals surface area contributed by atoms with E-state index in [9.17, 15) is 0 Å². The Balaban J connectivity index is 1.45. The van der Waals surface area contributed by atoms with Gasteiger partial charge in [-0.3, -0.25) is 4.90 Å². The number of hydrogen-bond donors (Lipinski definition) is 0. The van der Waals surface area contributed by atoms with Gasteiger partial charge in [-0.25, -0.2) is 9.97 Å². The van der Waals surface area contributed by atoms with E-state index in [0.717, 1.165) is 49.1 Å². The highest BCUT2D eigenvalue weighted by Crippen LogP contribution is 2.23. The molecular weight excluding hydrogens is 316 g/mol. The van der Waals surface area contributed by atoms with Gasteiger partial charge in [-0.1, -0.05) is 18.2 Å². The number of pyridine rings is 1. The Kier molecular flexibility index (Phi) is 4.21. The van der Waals surface area contributed by atoms with Crippen molar-refractivity contribution in [3.63, 3.8) is 0 Å². The Morgan fingerprint density at radius 1 is 1.04 bits per heavy atom. The second kappa shape index (κ2) is 6.49. The van der Waals surface area contributed by atoms with Gasteiger partial charge in [-0.15, -0.1) is 11.3 Å². The summed E-state index contributed by atoms with van der Waals surface area (Å²) in [7, 11) is 0. The van der Waals surface area contributed by atoms with Gasteiger partial charge < -0.3 is 4.90 Å². The molecule has 1 aromatic carbocycles. The number of aromatic nitrogens is 2. The zero-order valence-electron chi connectivity index (χ0n) is 14.2. The lowest BCUT2D eigenvalue weighted by Gasteiger charge is -2.35. The third kappa shape index (κ3) is 3.14. The number of thiazole rings is 1. The summed E-state index contributed by atoms with van der Waals surface area (Å²) in [6, 6.07) is 10.6. The summed E-state index contributed by atoms with van der Waals surface area (Å²) in [5.74, 6) is 1.11. The van der Waals surface area contributed by atoms with Crippen LogP contribution in [0.3, 0.4) is 0 Å². The van der Waals surface area contributed by atoms with Gasteiger partial charge in [0.2, 0.25) is 0 Å². The van der Waals surface area contributed by atoms with Crippen LogP contribution in [0.5, 0.6) is 0 Å². The minimum Gasteiger partial charge on any atom is -0.354 e. The van der Waals surface area contributed by atoms with E-state index >= 15 is 0 Å². The van der Waals surface area contributed by atoms with Crippen molar-refractivity contribution in [2.45, 2.75) is 20.4 Å². The molecule has 0 bridgehead atoms. The Labute approximate surface area is 146 Å². The van der Waals surface area contributed by atoms with Crippen molar-refractivity contribution in [1.29, 1.82) is 0 Å². The molecule has 0 N–H and O–H groups in total. The van der Waals surface area contributed by atoms with Gasteiger partial charge in [0, 0.05) is 43.5 Å². The van der Waals surface area contributed by atoms with Crippen LogP contribution >= 0.6 is 11.3 Å². The van der Waals surface area contributed by atoms with E-state index in [1.54, 1.807) is 11.3 Å². The van der Waals surface area contributed by atoms with Gasteiger partial charge in [0.15, 0.2) is 0 Å². The SMILES string of the molecule is Cc1nc(CN2CCN(c3cc(C)c4ccccc4n3)CC2)cs1. The molecule has 0 saturated carbocycles. The van der Waals surface area contributed by atoms with Crippen molar-refractivity contribution < 1.29 is 0 Å². The first kappa shape index (κ1) is 15.5. The molecule has 1 fully saturated rings. The minimum atomic E-state index is 0.961. The van der Waals surface area contributed by atoms with Gasteiger partial charge in [-0.05, 0) is 31.5 Å². The molecule has 2 aromatic heterocycles. The lowest BCUT2D eigenvalue weighted by Crippen LogP contribution is -2.46. The second-order valence-corrected chi connectivity index (χ2v) is 7.50. The minimum absolute atomic E-state index is 0.961. The topological polar surface area (TPSA) is 32.3 Å². The molecule has 4 rings (SSSR count). The van der Waals surface area contributed by atoms with Crippen LogP contribution in [0.2, 0.25) is 0 Å². The largest absolute Gasteiger partial charge is 0.354 e. The van der Waals surface area contributed by atoms with Crippen LogP contribution in [0.4, 0.5) is 5.82 Å². The Morgan fingerprint density at radius 3 is 2.58 bits per heavy atom. The molecule has 3 aromatic rings. The predicted molar refractivity (Wildman–Crippen MR) is 101 cm³/mol. The van der Waals surface area contributed by atoms with Crippen LogP contribution in [0.25, 0.3) is 10.9 Å². The van der Waals surface area contributed by atoms with Crippen molar-refractivity contribution in [2.24, 2.45) is 0 Å². The van der Waals surface area contributed by atoms with Crippen LogP contribution in [0.1, 0.15) is 16.3 Å². The number of fused-ring (bicyclic) bond motifs is 1. The molecular formula is C19H22N4S. The highest BCUT2D eigenvalue weighted by Gasteiger charge is 2.19. The summed E-state index contributed by atoms with van der Waals surface area (Å²) >= 11 is 1.73.